The van der Waals surface area contributed by atoms with E-state index in [0.29, 0.717) is 0 Å². The summed E-state index contributed by atoms with van der Waals surface area (Å²) in [6.07, 6.45) is -4.31. The summed E-state index contributed by atoms with van der Waals surface area (Å²) in [4.78, 5) is 23.4. The summed E-state index contributed by atoms with van der Waals surface area (Å²) in [5.41, 5.74) is -1.38. The van der Waals surface area contributed by atoms with Crippen molar-refractivity contribution in [3.63, 3.8) is 0 Å². The Morgan fingerprint density at radius 1 is 1.30 bits per heavy atom. The van der Waals surface area contributed by atoms with Gasteiger partial charge in [0.1, 0.15) is 5.75 Å². The molecule has 1 atom stereocenters. The van der Waals surface area contributed by atoms with Gasteiger partial charge in [-0.1, -0.05) is 0 Å². The Balaban J connectivity index is 2.01. The first-order chi connectivity index (χ1) is 10.7. The van der Waals surface area contributed by atoms with Gasteiger partial charge in [0.05, 0.1) is 6.61 Å². The number of carboxylic acids is 1. The molecule has 1 unspecified atom stereocenters. The van der Waals surface area contributed by atoms with Crippen molar-refractivity contribution < 1.29 is 37.3 Å². The first-order valence-corrected chi connectivity index (χ1v) is 6.65. The topological polar surface area (TPSA) is 84.9 Å². The van der Waals surface area contributed by atoms with Crippen LogP contribution in [0.4, 0.5) is 13.2 Å². The van der Waals surface area contributed by atoms with Crippen LogP contribution in [0.1, 0.15) is 16.8 Å². The highest BCUT2D eigenvalue weighted by Crippen LogP contribution is 2.21. The van der Waals surface area contributed by atoms with Gasteiger partial charge in [0.15, 0.2) is 12.1 Å². The van der Waals surface area contributed by atoms with Crippen molar-refractivity contribution in [3.8, 4) is 5.75 Å². The number of ether oxygens (including phenoxy) is 2. The number of hydrogen-bond acceptors (Lipinski definition) is 4. The van der Waals surface area contributed by atoms with E-state index >= 15 is 0 Å². The number of carbonyl (C=O) groups excluding carboxylic acids is 1. The monoisotopic (exact) mass is 333 g/mol. The van der Waals surface area contributed by atoms with Crippen LogP contribution < -0.4 is 10.1 Å². The third-order valence-electron chi connectivity index (χ3n) is 3.30. The quantitative estimate of drug-likeness (QED) is 0.855. The molecule has 6 nitrogen and oxygen atoms in total. The van der Waals surface area contributed by atoms with Gasteiger partial charge in [-0.25, -0.2) is 4.79 Å². The lowest BCUT2D eigenvalue weighted by Crippen LogP contribution is -2.55. The first kappa shape index (κ1) is 17.1. The van der Waals surface area contributed by atoms with Crippen LogP contribution in [0, 0.1) is 0 Å². The SMILES string of the molecule is O=C(NC1(C(=O)O)CCOC1)c1ccc(OCC(F)(F)F)cc1. The molecule has 9 heteroatoms. The lowest BCUT2D eigenvalue weighted by Gasteiger charge is -2.23. The maximum absolute atomic E-state index is 12.1. The van der Waals surface area contributed by atoms with Gasteiger partial charge in [0.25, 0.3) is 5.91 Å². The summed E-state index contributed by atoms with van der Waals surface area (Å²) >= 11 is 0. The van der Waals surface area contributed by atoms with Crippen LogP contribution in [0.3, 0.4) is 0 Å². The van der Waals surface area contributed by atoms with Crippen molar-refractivity contribution in [2.75, 3.05) is 19.8 Å². The molecule has 1 amide bonds. The van der Waals surface area contributed by atoms with Crippen molar-refractivity contribution in [1.29, 1.82) is 0 Å². The van der Waals surface area contributed by atoms with Crippen molar-refractivity contribution in [1.82, 2.24) is 5.32 Å². The molecule has 0 saturated carbocycles. The number of amides is 1. The van der Waals surface area contributed by atoms with Crippen molar-refractivity contribution in [2.24, 2.45) is 0 Å². The lowest BCUT2D eigenvalue weighted by atomic mass is 9.98. The summed E-state index contributed by atoms with van der Waals surface area (Å²) in [6.45, 7) is -1.35. The van der Waals surface area contributed by atoms with Crippen LogP contribution >= 0.6 is 0 Å². The Labute approximate surface area is 129 Å². The third kappa shape index (κ3) is 4.35. The number of nitrogens with one attached hydrogen (secondary N) is 1. The Kier molecular flexibility index (Phi) is 4.79. The number of carboxylic acid groups (broad SMARTS) is 1. The van der Waals surface area contributed by atoms with Gasteiger partial charge >= 0.3 is 12.1 Å². The van der Waals surface area contributed by atoms with E-state index in [1.807, 2.05) is 0 Å². The molecular formula is C14H14F3NO5. The minimum absolute atomic E-state index is 0.0453. The smallest absolute Gasteiger partial charge is 0.422 e. The molecule has 0 aromatic heterocycles. The number of alkyl halides is 3. The molecular weight excluding hydrogens is 319 g/mol. The summed E-state index contributed by atoms with van der Waals surface area (Å²) in [5.74, 6) is -1.90. The zero-order valence-electron chi connectivity index (χ0n) is 11.9. The van der Waals surface area contributed by atoms with Crippen molar-refractivity contribution >= 4 is 11.9 Å². The molecule has 1 aliphatic heterocycles. The van der Waals surface area contributed by atoms with E-state index in [1.54, 1.807) is 0 Å². The molecule has 1 heterocycles. The average molecular weight is 333 g/mol. The van der Waals surface area contributed by atoms with E-state index in [2.05, 4.69) is 10.1 Å². The minimum atomic E-state index is -4.45. The van der Waals surface area contributed by atoms with Crippen LogP contribution in [0.2, 0.25) is 0 Å². The van der Waals surface area contributed by atoms with E-state index in [1.165, 1.54) is 24.3 Å². The zero-order valence-corrected chi connectivity index (χ0v) is 11.9. The molecule has 0 aliphatic carbocycles. The van der Waals surface area contributed by atoms with E-state index in [-0.39, 0.29) is 30.9 Å². The molecule has 1 saturated heterocycles. The lowest BCUT2D eigenvalue weighted by molar-refractivity contribution is -0.153. The second-order valence-corrected chi connectivity index (χ2v) is 5.07. The Bertz CT molecular complexity index is 579. The van der Waals surface area contributed by atoms with Crippen LogP contribution in [0.25, 0.3) is 0 Å². The predicted octanol–water partition coefficient (Wildman–Crippen LogP) is 1.60. The number of carbonyl (C=O) groups is 2. The number of rotatable bonds is 5. The molecule has 23 heavy (non-hydrogen) atoms. The van der Waals surface area contributed by atoms with E-state index < -0.39 is 30.2 Å². The number of aliphatic carboxylic acids is 1. The zero-order chi connectivity index (χ0) is 17.1. The minimum Gasteiger partial charge on any atom is -0.484 e. The molecule has 0 spiro atoms. The Hall–Kier alpha value is -2.29. The molecule has 1 aromatic rings. The van der Waals surface area contributed by atoms with Gasteiger partial charge in [-0.05, 0) is 24.3 Å². The maximum atomic E-state index is 12.1. The predicted molar refractivity (Wildman–Crippen MR) is 71.3 cm³/mol. The molecule has 0 bridgehead atoms. The van der Waals surface area contributed by atoms with Crippen LogP contribution in [0.15, 0.2) is 24.3 Å². The van der Waals surface area contributed by atoms with Crippen molar-refractivity contribution in [2.45, 2.75) is 18.1 Å². The number of hydrogen-bond donors (Lipinski definition) is 2. The molecule has 1 aromatic carbocycles. The highest BCUT2D eigenvalue weighted by molar-refractivity contribution is 5.98. The number of benzene rings is 1. The largest absolute Gasteiger partial charge is 0.484 e. The second kappa shape index (κ2) is 6.45. The fraction of sp³-hybridized carbons (Fsp3) is 0.429. The maximum Gasteiger partial charge on any atom is 0.422 e. The Morgan fingerprint density at radius 3 is 2.43 bits per heavy atom. The molecule has 2 rings (SSSR count). The highest BCUT2D eigenvalue weighted by Gasteiger charge is 2.44. The summed E-state index contributed by atoms with van der Waals surface area (Å²) < 4.78 is 45.7. The van der Waals surface area contributed by atoms with Gasteiger partial charge < -0.3 is 19.9 Å². The van der Waals surface area contributed by atoms with E-state index in [9.17, 15) is 27.9 Å². The van der Waals surface area contributed by atoms with Gasteiger partial charge in [0, 0.05) is 18.6 Å². The molecule has 1 aliphatic rings. The van der Waals surface area contributed by atoms with Gasteiger partial charge in [-0.15, -0.1) is 0 Å². The van der Waals surface area contributed by atoms with Crippen LogP contribution in [-0.2, 0) is 9.53 Å². The molecule has 1 fully saturated rings. The second-order valence-electron chi connectivity index (χ2n) is 5.07. The summed E-state index contributed by atoms with van der Waals surface area (Å²) in [6, 6.07) is 4.93. The van der Waals surface area contributed by atoms with E-state index in [0.717, 1.165) is 0 Å². The summed E-state index contributed by atoms with van der Waals surface area (Å²) in [5, 5.41) is 11.6. The highest BCUT2D eigenvalue weighted by atomic mass is 19.4. The molecule has 2 N–H and O–H groups in total. The normalized spacial score (nSPS) is 21.0. The van der Waals surface area contributed by atoms with E-state index in [4.69, 9.17) is 4.74 Å². The number of halogens is 3. The average Bonchev–Trinajstić information content (AvgIpc) is 2.95. The molecule has 0 radical (unpaired) electrons. The van der Waals surface area contributed by atoms with Crippen LogP contribution in [-0.4, -0.2) is 48.5 Å². The summed E-state index contributed by atoms with van der Waals surface area (Å²) in [7, 11) is 0. The van der Waals surface area contributed by atoms with Gasteiger partial charge in [0.2, 0.25) is 0 Å². The van der Waals surface area contributed by atoms with Crippen LogP contribution in [0.5, 0.6) is 5.75 Å². The van der Waals surface area contributed by atoms with Gasteiger partial charge in [-0.3, -0.25) is 4.79 Å². The first-order valence-electron chi connectivity index (χ1n) is 6.65. The Morgan fingerprint density at radius 2 is 1.96 bits per heavy atom. The fourth-order valence-electron chi connectivity index (χ4n) is 2.04. The third-order valence-corrected chi connectivity index (χ3v) is 3.30. The standard InChI is InChI=1S/C14H14F3NO5/c15-14(16,17)8-23-10-3-1-9(2-4-10)11(19)18-13(12(20)21)5-6-22-7-13/h1-4H,5-8H2,(H,18,19)(H,20,21). The van der Waals surface area contributed by atoms with Gasteiger partial charge in [-0.2, -0.15) is 13.2 Å². The molecule has 126 valence electrons. The van der Waals surface area contributed by atoms with Crippen molar-refractivity contribution in [3.05, 3.63) is 29.8 Å². The fourth-order valence-corrected chi connectivity index (χ4v) is 2.04.